The molecule has 0 bridgehead atoms. The van der Waals surface area contributed by atoms with Gasteiger partial charge in [-0.05, 0) is 57.4 Å². The van der Waals surface area contributed by atoms with Crippen LogP contribution in [0.1, 0.15) is 60.8 Å². The molecule has 0 unspecified atom stereocenters. The third-order valence-corrected chi connectivity index (χ3v) is 6.54. The van der Waals surface area contributed by atoms with Gasteiger partial charge in [-0.15, -0.1) is 11.3 Å². The molecule has 0 saturated carbocycles. The molecule has 0 fully saturated rings. The highest BCUT2D eigenvalue weighted by atomic mass is 32.1. The lowest BCUT2D eigenvalue weighted by Gasteiger charge is -2.28. The summed E-state index contributed by atoms with van der Waals surface area (Å²) in [5.74, 6) is -3.08. The third kappa shape index (κ3) is 4.29. The minimum absolute atomic E-state index is 0.264. The number of carboxylic acid groups (broad SMARTS) is 1. The van der Waals surface area contributed by atoms with Crippen LogP contribution in [0.5, 0.6) is 0 Å². The molecule has 1 N–H and O–H groups in total. The fourth-order valence-corrected chi connectivity index (χ4v) is 5.30. The highest BCUT2D eigenvalue weighted by Crippen LogP contribution is 2.41. The number of amides is 1. The van der Waals surface area contributed by atoms with Crippen molar-refractivity contribution in [2.24, 2.45) is 17.8 Å². The molecule has 2 aliphatic carbocycles. The second-order valence-corrected chi connectivity index (χ2v) is 9.08. The fourth-order valence-electron chi connectivity index (χ4n) is 3.90. The lowest BCUT2D eigenvalue weighted by molar-refractivity contribution is -0.313. The minimum Gasteiger partial charge on any atom is -0.550 e. The standard InChI is InChI=1S/C21H27NO5S/c1-11(2)27-21(26)17-15-9-8-12(3)10-16(15)28-19(17)22-18(23)13-6-4-5-7-14(13)20(24)25/h4-5,11-14H,6-10H2,1-3H3,(H,22,23)(H,24,25)/p-1/t12-,13+,14+/m1/s1. The number of nitrogens with one attached hydrogen (secondary N) is 1. The normalized spacial score (nSPS) is 23.9. The lowest BCUT2D eigenvalue weighted by Crippen LogP contribution is -2.41. The van der Waals surface area contributed by atoms with E-state index in [1.807, 2.05) is 6.08 Å². The third-order valence-electron chi connectivity index (χ3n) is 5.37. The molecule has 7 heteroatoms. The van der Waals surface area contributed by atoms with Gasteiger partial charge < -0.3 is 20.0 Å². The Balaban J connectivity index is 1.90. The zero-order valence-corrected chi connectivity index (χ0v) is 17.3. The first-order valence-electron chi connectivity index (χ1n) is 9.80. The maximum atomic E-state index is 12.9. The SMILES string of the molecule is CC(C)OC(=O)c1c(NC(=O)[C@H]2CC=CC[C@@H]2C(=O)[O-])sc2c1CC[C@@H](C)C2. The van der Waals surface area contributed by atoms with Crippen LogP contribution in [0, 0.1) is 17.8 Å². The Labute approximate surface area is 169 Å². The van der Waals surface area contributed by atoms with Crippen molar-refractivity contribution >= 4 is 34.2 Å². The summed E-state index contributed by atoms with van der Waals surface area (Å²) in [5, 5.41) is 14.7. The zero-order chi connectivity index (χ0) is 20.4. The molecule has 28 heavy (non-hydrogen) atoms. The van der Waals surface area contributed by atoms with Crippen LogP contribution in [-0.2, 0) is 27.2 Å². The summed E-state index contributed by atoms with van der Waals surface area (Å²) in [7, 11) is 0. The van der Waals surface area contributed by atoms with Crippen LogP contribution in [0.15, 0.2) is 12.2 Å². The molecule has 3 rings (SSSR count). The number of anilines is 1. The topological polar surface area (TPSA) is 95.5 Å². The Kier molecular flexibility index (Phi) is 6.23. The Morgan fingerprint density at radius 1 is 1.21 bits per heavy atom. The maximum absolute atomic E-state index is 12.9. The predicted octanol–water partition coefficient (Wildman–Crippen LogP) is 2.71. The van der Waals surface area contributed by atoms with Crippen molar-refractivity contribution in [3.05, 3.63) is 28.2 Å². The highest BCUT2D eigenvalue weighted by Gasteiger charge is 2.33. The number of carbonyl (C=O) groups excluding carboxylic acids is 3. The first kappa shape index (κ1) is 20.6. The Hall–Kier alpha value is -2.15. The van der Waals surface area contributed by atoms with Crippen LogP contribution in [0.2, 0.25) is 0 Å². The van der Waals surface area contributed by atoms with Crippen LogP contribution in [-0.4, -0.2) is 23.9 Å². The second kappa shape index (κ2) is 8.47. The summed E-state index contributed by atoms with van der Waals surface area (Å²) in [6.45, 7) is 5.75. The molecule has 0 aromatic carbocycles. The smallest absolute Gasteiger partial charge is 0.341 e. The van der Waals surface area contributed by atoms with Gasteiger partial charge in [-0.3, -0.25) is 4.79 Å². The van der Waals surface area contributed by atoms with Crippen molar-refractivity contribution in [3.8, 4) is 0 Å². The number of aliphatic carboxylic acids is 1. The Morgan fingerprint density at radius 3 is 2.54 bits per heavy atom. The molecule has 1 aromatic rings. The van der Waals surface area contributed by atoms with Gasteiger partial charge in [0.25, 0.3) is 0 Å². The van der Waals surface area contributed by atoms with E-state index in [-0.39, 0.29) is 18.4 Å². The number of ether oxygens (including phenoxy) is 1. The molecule has 3 atom stereocenters. The number of carbonyl (C=O) groups is 3. The zero-order valence-electron chi connectivity index (χ0n) is 16.4. The van der Waals surface area contributed by atoms with E-state index in [4.69, 9.17) is 4.74 Å². The van der Waals surface area contributed by atoms with E-state index in [1.165, 1.54) is 11.3 Å². The van der Waals surface area contributed by atoms with Crippen molar-refractivity contribution in [2.75, 3.05) is 5.32 Å². The number of thiophene rings is 1. The fraction of sp³-hybridized carbons (Fsp3) is 0.571. The van der Waals surface area contributed by atoms with Gasteiger partial charge in [0.05, 0.1) is 17.6 Å². The molecule has 152 valence electrons. The van der Waals surface area contributed by atoms with E-state index < -0.39 is 23.8 Å². The predicted molar refractivity (Wildman–Crippen MR) is 105 cm³/mol. The average Bonchev–Trinajstić information content (AvgIpc) is 2.97. The number of fused-ring (bicyclic) bond motifs is 1. The first-order valence-corrected chi connectivity index (χ1v) is 10.6. The van der Waals surface area contributed by atoms with Crippen molar-refractivity contribution in [2.45, 2.75) is 59.0 Å². The number of hydrogen-bond acceptors (Lipinski definition) is 6. The maximum Gasteiger partial charge on any atom is 0.341 e. The van der Waals surface area contributed by atoms with E-state index in [0.29, 0.717) is 22.9 Å². The minimum atomic E-state index is -1.22. The molecule has 2 aliphatic rings. The van der Waals surface area contributed by atoms with Crippen molar-refractivity contribution in [1.82, 2.24) is 0 Å². The van der Waals surface area contributed by atoms with Crippen molar-refractivity contribution < 1.29 is 24.2 Å². The number of rotatable bonds is 5. The number of esters is 1. The van der Waals surface area contributed by atoms with Crippen LogP contribution in [0.4, 0.5) is 5.00 Å². The van der Waals surface area contributed by atoms with Crippen LogP contribution >= 0.6 is 11.3 Å². The monoisotopic (exact) mass is 404 g/mol. The van der Waals surface area contributed by atoms with Crippen molar-refractivity contribution in [3.63, 3.8) is 0 Å². The molecule has 1 amide bonds. The molecule has 0 spiro atoms. The summed E-state index contributed by atoms with van der Waals surface area (Å²) >= 11 is 1.41. The second-order valence-electron chi connectivity index (χ2n) is 7.97. The van der Waals surface area contributed by atoms with E-state index in [1.54, 1.807) is 19.9 Å². The summed E-state index contributed by atoms with van der Waals surface area (Å²) in [5.41, 5.74) is 1.40. The van der Waals surface area contributed by atoms with Gasteiger partial charge in [-0.2, -0.15) is 0 Å². The lowest BCUT2D eigenvalue weighted by atomic mass is 9.82. The summed E-state index contributed by atoms with van der Waals surface area (Å²) in [4.78, 5) is 38.1. The largest absolute Gasteiger partial charge is 0.550 e. The first-order chi connectivity index (χ1) is 13.3. The molecule has 0 saturated heterocycles. The Morgan fingerprint density at radius 2 is 1.89 bits per heavy atom. The number of carboxylic acids is 1. The van der Waals surface area contributed by atoms with Gasteiger partial charge in [0.1, 0.15) is 5.00 Å². The van der Waals surface area contributed by atoms with E-state index in [0.717, 1.165) is 29.7 Å². The van der Waals surface area contributed by atoms with Gasteiger partial charge in [0.15, 0.2) is 0 Å². The van der Waals surface area contributed by atoms with Gasteiger partial charge in [0, 0.05) is 16.8 Å². The van der Waals surface area contributed by atoms with E-state index in [9.17, 15) is 19.5 Å². The summed E-state index contributed by atoms with van der Waals surface area (Å²) in [6, 6.07) is 0. The van der Waals surface area contributed by atoms with E-state index in [2.05, 4.69) is 12.2 Å². The molecular formula is C21H26NO5S-. The number of allylic oxidation sites excluding steroid dienone is 2. The van der Waals surface area contributed by atoms with Gasteiger partial charge in [-0.25, -0.2) is 4.79 Å². The molecule has 1 aromatic heterocycles. The highest BCUT2D eigenvalue weighted by molar-refractivity contribution is 7.17. The molecular weight excluding hydrogens is 378 g/mol. The molecule has 6 nitrogen and oxygen atoms in total. The van der Waals surface area contributed by atoms with Gasteiger partial charge >= 0.3 is 5.97 Å². The van der Waals surface area contributed by atoms with Crippen LogP contribution in [0.3, 0.4) is 0 Å². The quantitative estimate of drug-likeness (QED) is 0.601. The van der Waals surface area contributed by atoms with Gasteiger partial charge in [0.2, 0.25) is 5.91 Å². The van der Waals surface area contributed by atoms with Crippen LogP contribution < -0.4 is 10.4 Å². The summed E-state index contributed by atoms with van der Waals surface area (Å²) in [6.07, 6.45) is 6.57. The number of hydrogen-bond donors (Lipinski definition) is 1. The van der Waals surface area contributed by atoms with Crippen LogP contribution in [0.25, 0.3) is 0 Å². The van der Waals surface area contributed by atoms with E-state index >= 15 is 0 Å². The summed E-state index contributed by atoms with van der Waals surface area (Å²) < 4.78 is 5.42. The van der Waals surface area contributed by atoms with Gasteiger partial charge in [-0.1, -0.05) is 19.1 Å². The Bertz CT molecular complexity index is 810. The molecule has 1 heterocycles. The molecule has 0 radical (unpaired) electrons. The van der Waals surface area contributed by atoms with Crippen molar-refractivity contribution in [1.29, 1.82) is 0 Å². The molecule has 0 aliphatic heterocycles. The average molecular weight is 405 g/mol.